The number of likely N-dealkylation sites (N-methyl/N-ethyl adjacent to an activating group) is 1. The van der Waals surface area contributed by atoms with Gasteiger partial charge < -0.3 is 15.0 Å². The highest BCUT2D eigenvalue weighted by Gasteiger charge is 2.15. The van der Waals surface area contributed by atoms with Crippen LogP contribution in [0, 0.1) is 0 Å². The summed E-state index contributed by atoms with van der Waals surface area (Å²) in [6.45, 7) is 0.561. The molecule has 0 aliphatic rings. The molecule has 0 radical (unpaired) electrons. The fraction of sp³-hybridized carbons (Fsp3) is 0.261. The number of hydrogen-bond donors (Lipinski definition) is 1. The van der Waals surface area contributed by atoms with Crippen molar-refractivity contribution < 1.29 is 9.53 Å². The molecule has 0 bridgehead atoms. The molecule has 3 aromatic rings. The Balaban J connectivity index is 1.62. The van der Waals surface area contributed by atoms with Gasteiger partial charge in [0.2, 0.25) is 5.91 Å². The minimum absolute atomic E-state index is 0.0330. The van der Waals surface area contributed by atoms with Crippen LogP contribution in [-0.2, 0) is 11.2 Å². The molecule has 3 aromatic carbocycles. The quantitative estimate of drug-likeness (QED) is 0.695. The van der Waals surface area contributed by atoms with E-state index in [1.165, 1.54) is 5.39 Å². The molecule has 0 spiro atoms. The molecule has 0 aromatic heterocycles. The predicted octanol–water partition coefficient (Wildman–Crippen LogP) is 3.81. The molecule has 140 valence electrons. The Labute approximate surface area is 160 Å². The molecule has 4 nitrogen and oxygen atoms in total. The molecule has 0 aliphatic carbocycles. The van der Waals surface area contributed by atoms with Gasteiger partial charge in [-0.1, -0.05) is 54.6 Å². The van der Waals surface area contributed by atoms with Crippen molar-refractivity contribution in [3.05, 3.63) is 77.9 Å². The first-order valence-electron chi connectivity index (χ1n) is 9.11. The molecular formula is C23H26N2O2. The van der Waals surface area contributed by atoms with Gasteiger partial charge >= 0.3 is 0 Å². The van der Waals surface area contributed by atoms with Crippen molar-refractivity contribution in [2.45, 2.75) is 12.5 Å². The molecule has 0 saturated heterocycles. The van der Waals surface area contributed by atoms with E-state index in [1.54, 1.807) is 7.11 Å². The van der Waals surface area contributed by atoms with Gasteiger partial charge in [-0.2, -0.15) is 0 Å². The Morgan fingerprint density at radius 1 is 1.00 bits per heavy atom. The van der Waals surface area contributed by atoms with Gasteiger partial charge in [-0.25, -0.2) is 0 Å². The van der Waals surface area contributed by atoms with Crippen molar-refractivity contribution in [1.82, 2.24) is 10.2 Å². The zero-order valence-corrected chi connectivity index (χ0v) is 16.1. The molecule has 1 amide bonds. The lowest BCUT2D eigenvalue weighted by Gasteiger charge is -2.25. The highest BCUT2D eigenvalue weighted by atomic mass is 16.5. The summed E-state index contributed by atoms with van der Waals surface area (Å²) in [7, 11) is 5.69. The van der Waals surface area contributed by atoms with E-state index in [0.29, 0.717) is 13.0 Å². The van der Waals surface area contributed by atoms with Crippen molar-refractivity contribution in [3.8, 4) is 5.75 Å². The zero-order chi connectivity index (χ0) is 19.2. The van der Waals surface area contributed by atoms with Crippen LogP contribution in [0.3, 0.4) is 0 Å². The second-order valence-corrected chi connectivity index (χ2v) is 6.91. The van der Waals surface area contributed by atoms with Crippen LogP contribution in [0.5, 0.6) is 5.75 Å². The van der Waals surface area contributed by atoms with Crippen molar-refractivity contribution in [3.63, 3.8) is 0 Å². The normalized spacial score (nSPS) is 12.1. The number of carbonyl (C=O) groups excluding carboxylic acids is 1. The summed E-state index contributed by atoms with van der Waals surface area (Å²) in [5.74, 6) is 0.863. The lowest BCUT2D eigenvalue weighted by molar-refractivity contribution is -0.120. The average Bonchev–Trinajstić information content (AvgIpc) is 2.68. The van der Waals surface area contributed by atoms with Crippen LogP contribution in [-0.4, -0.2) is 38.6 Å². The molecule has 0 saturated carbocycles. The smallest absolute Gasteiger partial charge is 0.224 e. The van der Waals surface area contributed by atoms with Crippen LogP contribution in [0.2, 0.25) is 0 Å². The van der Waals surface area contributed by atoms with Crippen LogP contribution in [0.15, 0.2) is 66.7 Å². The number of amides is 1. The SMILES string of the molecule is COc1ccc([C@@H](CNC(=O)Cc2ccc3ccccc3c2)N(C)C)cc1. The molecule has 1 N–H and O–H groups in total. The summed E-state index contributed by atoms with van der Waals surface area (Å²) >= 11 is 0. The van der Waals surface area contributed by atoms with Gasteiger partial charge in [-0.15, -0.1) is 0 Å². The number of hydrogen-bond acceptors (Lipinski definition) is 3. The summed E-state index contributed by atoms with van der Waals surface area (Å²) in [6, 6.07) is 22.4. The van der Waals surface area contributed by atoms with Crippen LogP contribution in [0.25, 0.3) is 10.8 Å². The number of carbonyl (C=O) groups is 1. The van der Waals surface area contributed by atoms with E-state index in [2.05, 4.69) is 34.5 Å². The Morgan fingerprint density at radius 2 is 1.70 bits per heavy atom. The molecule has 4 heteroatoms. The Bertz CT molecular complexity index is 904. The van der Waals surface area contributed by atoms with Crippen molar-refractivity contribution in [2.24, 2.45) is 0 Å². The van der Waals surface area contributed by atoms with E-state index in [-0.39, 0.29) is 11.9 Å². The Kier molecular flexibility index (Phi) is 6.09. The monoisotopic (exact) mass is 362 g/mol. The van der Waals surface area contributed by atoms with Crippen molar-refractivity contribution >= 4 is 16.7 Å². The molecule has 0 heterocycles. The van der Waals surface area contributed by atoms with E-state index < -0.39 is 0 Å². The third-order valence-electron chi connectivity index (χ3n) is 4.80. The second-order valence-electron chi connectivity index (χ2n) is 6.91. The van der Waals surface area contributed by atoms with E-state index in [0.717, 1.165) is 22.3 Å². The number of ether oxygens (including phenoxy) is 1. The molecule has 1 atom stereocenters. The van der Waals surface area contributed by atoms with Gasteiger partial charge in [0.15, 0.2) is 0 Å². The molecule has 3 rings (SSSR count). The summed E-state index contributed by atoms with van der Waals surface area (Å²) in [5, 5.41) is 5.42. The van der Waals surface area contributed by atoms with Gasteiger partial charge in [0, 0.05) is 6.54 Å². The molecule has 27 heavy (non-hydrogen) atoms. The van der Waals surface area contributed by atoms with E-state index in [1.807, 2.05) is 56.6 Å². The highest BCUT2D eigenvalue weighted by molar-refractivity contribution is 5.85. The van der Waals surface area contributed by atoms with Crippen molar-refractivity contribution in [2.75, 3.05) is 27.7 Å². The number of nitrogens with zero attached hydrogens (tertiary/aromatic N) is 1. The predicted molar refractivity (Wildman–Crippen MR) is 110 cm³/mol. The van der Waals surface area contributed by atoms with Crippen LogP contribution in [0.1, 0.15) is 17.2 Å². The maximum absolute atomic E-state index is 12.5. The van der Waals surface area contributed by atoms with Gasteiger partial charge in [0.25, 0.3) is 0 Å². The largest absolute Gasteiger partial charge is 0.497 e. The third kappa shape index (κ3) is 4.86. The molecule has 0 unspecified atom stereocenters. The van der Waals surface area contributed by atoms with Crippen molar-refractivity contribution in [1.29, 1.82) is 0 Å². The minimum Gasteiger partial charge on any atom is -0.497 e. The Morgan fingerprint density at radius 3 is 2.37 bits per heavy atom. The fourth-order valence-corrected chi connectivity index (χ4v) is 3.23. The average molecular weight is 362 g/mol. The minimum atomic E-state index is 0.0330. The van der Waals surface area contributed by atoms with E-state index >= 15 is 0 Å². The first-order chi connectivity index (χ1) is 13.1. The Hall–Kier alpha value is -2.85. The van der Waals surface area contributed by atoms with Crippen LogP contribution >= 0.6 is 0 Å². The number of nitrogens with one attached hydrogen (secondary N) is 1. The van der Waals surface area contributed by atoms with Gasteiger partial charge in [0.1, 0.15) is 5.75 Å². The topological polar surface area (TPSA) is 41.6 Å². The van der Waals surface area contributed by atoms with E-state index in [4.69, 9.17) is 4.74 Å². The van der Waals surface area contributed by atoms with Gasteiger partial charge in [-0.3, -0.25) is 4.79 Å². The molecular weight excluding hydrogens is 336 g/mol. The maximum atomic E-state index is 12.5. The zero-order valence-electron chi connectivity index (χ0n) is 16.1. The summed E-state index contributed by atoms with van der Waals surface area (Å²) in [4.78, 5) is 14.6. The second kappa shape index (κ2) is 8.69. The van der Waals surface area contributed by atoms with Crippen LogP contribution in [0.4, 0.5) is 0 Å². The van der Waals surface area contributed by atoms with E-state index in [9.17, 15) is 4.79 Å². The molecule has 0 fully saturated rings. The first kappa shape index (κ1) is 18.9. The number of fused-ring (bicyclic) bond motifs is 1. The lowest BCUT2D eigenvalue weighted by atomic mass is 10.0. The maximum Gasteiger partial charge on any atom is 0.224 e. The highest BCUT2D eigenvalue weighted by Crippen LogP contribution is 2.21. The summed E-state index contributed by atoms with van der Waals surface area (Å²) < 4.78 is 5.22. The number of methoxy groups -OCH3 is 1. The molecule has 0 aliphatic heterocycles. The summed E-state index contributed by atoms with van der Waals surface area (Å²) in [6.07, 6.45) is 0.383. The van der Waals surface area contributed by atoms with Crippen LogP contribution < -0.4 is 10.1 Å². The lowest BCUT2D eigenvalue weighted by Crippen LogP contribution is -2.35. The first-order valence-corrected chi connectivity index (χ1v) is 9.11. The summed E-state index contributed by atoms with van der Waals surface area (Å²) in [5.41, 5.74) is 2.17. The van der Waals surface area contributed by atoms with Gasteiger partial charge in [-0.05, 0) is 48.1 Å². The fourth-order valence-electron chi connectivity index (χ4n) is 3.23. The van der Waals surface area contributed by atoms with Gasteiger partial charge in [0.05, 0.1) is 19.6 Å². The standard InChI is InChI=1S/C23H26N2O2/c1-25(2)22(19-10-12-21(27-3)13-11-19)16-24-23(26)15-17-8-9-18-6-4-5-7-20(18)14-17/h4-14,22H,15-16H2,1-3H3,(H,24,26)/t22-/m1/s1. The number of rotatable bonds is 7. The number of benzene rings is 3. The third-order valence-corrected chi connectivity index (χ3v) is 4.80.